The van der Waals surface area contributed by atoms with Gasteiger partial charge >= 0.3 is 0 Å². The van der Waals surface area contributed by atoms with E-state index in [9.17, 15) is 9.18 Å². The summed E-state index contributed by atoms with van der Waals surface area (Å²) in [6.07, 6.45) is 3.18. The topological polar surface area (TPSA) is 51.5 Å². The molecule has 0 atom stereocenters. The molecule has 0 bridgehead atoms. The van der Waals surface area contributed by atoms with E-state index in [0.29, 0.717) is 11.4 Å². The van der Waals surface area contributed by atoms with E-state index >= 15 is 0 Å². The zero-order valence-corrected chi connectivity index (χ0v) is 14.2. The van der Waals surface area contributed by atoms with Gasteiger partial charge in [-0.25, -0.2) is 4.39 Å². The molecule has 4 nitrogen and oxygen atoms in total. The van der Waals surface area contributed by atoms with Crippen LogP contribution in [0.25, 0.3) is 16.5 Å². The third-order valence-corrected chi connectivity index (χ3v) is 3.97. The third kappa shape index (κ3) is 3.55. The quantitative estimate of drug-likeness (QED) is 0.686. The maximum atomic E-state index is 12.9. The van der Waals surface area contributed by atoms with Gasteiger partial charge in [0.25, 0.3) is 0 Å². The van der Waals surface area contributed by atoms with Crippen molar-refractivity contribution in [3.05, 3.63) is 65.7 Å². The van der Waals surface area contributed by atoms with Crippen LogP contribution >= 0.6 is 0 Å². The number of methoxy groups -OCH3 is 1. The van der Waals surface area contributed by atoms with Gasteiger partial charge in [-0.15, -0.1) is 0 Å². The van der Waals surface area contributed by atoms with Crippen LogP contribution in [0.1, 0.15) is 18.1 Å². The number of carbonyl (C=O) groups excluding carboxylic acids is 1. The molecule has 25 heavy (non-hydrogen) atoms. The second kappa shape index (κ2) is 6.81. The van der Waals surface area contributed by atoms with Crippen LogP contribution in [-0.2, 0) is 4.79 Å². The van der Waals surface area contributed by atoms with Crippen molar-refractivity contribution < 1.29 is 18.3 Å². The van der Waals surface area contributed by atoms with Crippen LogP contribution in [-0.4, -0.2) is 13.0 Å². The summed E-state index contributed by atoms with van der Waals surface area (Å²) in [6, 6.07) is 9.38. The van der Waals surface area contributed by atoms with Crippen molar-refractivity contribution >= 4 is 28.1 Å². The van der Waals surface area contributed by atoms with Gasteiger partial charge in [0.2, 0.25) is 5.91 Å². The number of furan rings is 1. The molecule has 0 saturated carbocycles. The first kappa shape index (κ1) is 16.8. The Bertz CT molecular complexity index is 955. The van der Waals surface area contributed by atoms with Gasteiger partial charge in [-0.3, -0.25) is 4.79 Å². The molecule has 3 aromatic rings. The highest BCUT2D eigenvalue weighted by Gasteiger charge is 2.12. The summed E-state index contributed by atoms with van der Waals surface area (Å²) in [5.41, 5.74) is 3.85. The molecule has 0 aliphatic rings. The van der Waals surface area contributed by atoms with E-state index in [1.54, 1.807) is 13.4 Å². The average molecular weight is 339 g/mol. The van der Waals surface area contributed by atoms with Gasteiger partial charge in [-0.1, -0.05) is 0 Å². The van der Waals surface area contributed by atoms with Gasteiger partial charge in [0.15, 0.2) is 0 Å². The lowest BCUT2D eigenvalue weighted by Crippen LogP contribution is -2.08. The van der Waals surface area contributed by atoms with Crippen LogP contribution in [0, 0.1) is 12.7 Å². The number of amides is 1. The summed E-state index contributed by atoms with van der Waals surface area (Å²) in [5.74, 6) is -0.0152. The van der Waals surface area contributed by atoms with Crippen molar-refractivity contribution in [1.82, 2.24) is 0 Å². The molecular weight excluding hydrogens is 321 g/mol. The summed E-state index contributed by atoms with van der Waals surface area (Å²) in [7, 11) is 1.58. The zero-order chi connectivity index (χ0) is 18.0. The molecule has 0 unspecified atom stereocenters. The Morgan fingerprint density at radius 2 is 1.96 bits per heavy atom. The van der Waals surface area contributed by atoms with Gasteiger partial charge in [0.1, 0.15) is 17.1 Å². The Balaban J connectivity index is 1.90. The third-order valence-electron chi connectivity index (χ3n) is 3.97. The molecule has 3 rings (SSSR count). The van der Waals surface area contributed by atoms with Crippen LogP contribution in [0.2, 0.25) is 0 Å². The van der Waals surface area contributed by atoms with Crippen molar-refractivity contribution in [2.45, 2.75) is 13.8 Å². The number of allylic oxidation sites excluding steroid dienone is 1. The fourth-order valence-corrected chi connectivity index (χ4v) is 2.65. The van der Waals surface area contributed by atoms with Crippen LogP contribution in [0.5, 0.6) is 5.75 Å². The van der Waals surface area contributed by atoms with Crippen LogP contribution in [0.3, 0.4) is 0 Å². The highest BCUT2D eigenvalue weighted by molar-refractivity contribution is 6.04. The Morgan fingerprint density at radius 1 is 1.24 bits per heavy atom. The van der Waals surface area contributed by atoms with E-state index < -0.39 is 0 Å². The number of anilines is 1. The Labute approximate surface area is 144 Å². The Morgan fingerprint density at radius 3 is 2.64 bits per heavy atom. The van der Waals surface area contributed by atoms with Gasteiger partial charge < -0.3 is 14.5 Å². The smallest absolute Gasteiger partial charge is 0.248 e. The zero-order valence-electron chi connectivity index (χ0n) is 14.2. The van der Waals surface area contributed by atoms with Gasteiger partial charge in [0, 0.05) is 28.8 Å². The molecule has 128 valence electrons. The summed E-state index contributed by atoms with van der Waals surface area (Å²) < 4.78 is 23.8. The van der Waals surface area contributed by atoms with Crippen molar-refractivity contribution in [3.8, 4) is 5.75 Å². The average Bonchev–Trinajstić information content (AvgIpc) is 2.96. The van der Waals surface area contributed by atoms with E-state index in [0.717, 1.165) is 27.7 Å². The molecular formula is C20H18FNO3. The fourth-order valence-electron chi connectivity index (χ4n) is 2.65. The SMILES string of the molecule is COc1cc2occ(C)c2cc1/C(C)=C/C(=O)Nc1ccc(F)cc1. The first-order valence-corrected chi connectivity index (χ1v) is 7.79. The molecule has 2 aromatic carbocycles. The number of benzene rings is 2. The molecule has 5 heteroatoms. The first-order valence-electron chi connectivity index (χ1n) is 7.79. The minimum Gasteiger partial charge on any atom is -0.496 e. The number of hydrogen-bond acceptors (Lipinski definition) is 3. The predicted molar refractivity (Wildman–Crippen MR) is 96.2 cm³/mol. The standard InChI is InChI=1S/C20H18FNO3/c1-12(8-20(23)22-15-6-4-14(21)5-7-15)16-9-17-13(2)11-25-19(17)10-18(16)24-3/h4-11H,1-3H3,(H,22,23)/b12-8+. The first-order chi connectivity index (χ1) is 12.0. The molecule has 1 amide bonds. The maximum Gasteiger partial charge on any atom is 0.248 e. The van der Waals surface area contributed by atoms with E-state index in [1.165, 1.54) is 30.3 Å². The molecule has 1 aromatic heterocycles. The normalized spacial score (nSPS) is 11.6. The fraction of sp³-hybridized carbons (Fsp3) is 0.150. The number of rotatable bonds is 4. The van der Waals surface area contributed by atoms with Gasteiger partial charge in [-0.05, 0) is 55.3 Å². The molecule has 0 spiro atoms. The molecule has 0 aliphatic carbocycles. The molecule has 0 radical (unpaired) electrons. The van der Waals surface area contributed by atoms with Gasteiger partial charge in [-0.2, -0.15) is 0 Å². The predicted octanol–water partition coefficient (Wildman–Crippen LogP) is 4.93. The highest BCUT2D eigenvalue weighted by atomic mass is 19.1. The van der Waals surface area contributed by atoms with Crippen molar-refractivity contribution in [2.75, 3.05) is 12.4 Å². The number of carbonyl (C=O) groups is 1. The second-order valence-electron chi connectivity index (χ2n) is 5.79. The summed E-state index contributed by atoms with van der Waals surface area (Å²) in [6.45, 7) is 3.80. The lowest BCUT2D eigenvalue weighted by molar-refractivity contribution is -0.111. The molecule has 0 saturated heterocycles. The maximum absolute atomic E-state index is 12.9. The lowest BCUT2D eigenvalue weighted by Gasteiger charge is -2.10. The van der Waals surface area contributed by atoms with Crippen LogP contribution in [0.4, 0.5) is 10.1 Å². The second-order valence-corrected chi connectivity index (χ2v) is 5.79. The summed E-state index contributed by atoms with van der Waals surface area (Å²) >= 11 is 0. The molecule has 0 aliphatic heterocycles. The van der Waals surface area contributed by atoms with E-state index in [2.05, 4.69) is 5.32 Å². The Hall–Kier alpha value is -3.08. The Kier molecular flexibility index (Phi) is 4.57. The number of ether oxygens (including phenoxy) is 1. The minimum atomic E-state index is -0.349. The van der Waals surface area contributed by atoms with Crippen molar-refractivity contribution in [2.24, 2.45) is 0 Å². The number of aryl methyl sites for hydroxylation is 1. The number of hydrogen-bond donors (Lipinski definition) is 1. The highest BCUT2D eigenvalue weighted by Crippen LogP contribution is 2.33. The van der Waals surface area contributed by atoms with E-state index in [-0.39, 0.29) is 11.7 Å². The minimum absolute atomic E-state index is 0.296. The lowest BCUT2D eigenvalue weighted by atomic mass is 10.0. The van der Waals surface area contributed by atoms with Crippen molar-refractivity contribution in [3.63, 3.8) is 0 Å². The summed E-state index contributed by atoms with van der Waals surface area (Å²) in [5, 5.41) is 3.68. The molecule has 1 heterocycles. The molecule has 0 fully saturated rings. The van der Waals surface area contributed by atoms with Gasteiger partial charge in [0.05, 0.1) is 13.4 Å². The van der Waals surface area contributed by atoms with Crippen LogP contribution < -0.4 is 10.1 Å². The number of nitrogens with one attached hydrogen (secondary N) is 1. The molecule has 1 N–H and O–H groups in total. The monoisotopic (exact) mass is 339 g/mol. The van der Waals surface area contributed by atoms with E-state index in [4.69, 9.17) is 9.15 Å². The van der Waals surface area contributed by atoms with Crippen LogP contribution in [0.15, 0.2) is 53.2 Å². The van der Waals surface area contributed by atoms with Crippen molar-refractivity contribution in [1.29, 1.82) is 0 Å². The number of halogens is 1. The van der Waals surface area contributed by atoms with E-state index in [1.807, 2.05) is 26.0 Å². The number of fused-ring (bicyclic) bond motifs is 1. The largest absolute Gasteiger partial charge is 0.496 e. The summed E-state index contributed by atoms with van der Waals surface area (Å²) in [4.78, 5) is 12.2.